The van der Waals surface area contributed by atoms with Gasteiger partial charge in [0, 0.05) is 31.3 Å². The van der Waals surface area contributed by atoms with Crippen molar-refractivity contribution < 1.29 is 14.3 Å². The minimum atomic E-state index is -0.00511. The molecule has 29 heavy (non-hydrogen) atoms. The molecule has 0 N–H and O–H groups in total. The van der Waals surface area contributed by atoms with Crippen LogP contribution >= 0.6 is 0 Å². The second-order valence-electron chi connectivity index (χ2n) is 7.80. The first-order chi connectivity index (χ1) is 14.1. The Kier molecular flexibility index (Phi) is 5.56. The maximum atomic E-state index is 12.9. The highest BCUT2D eigenvalue weighted by atomic mass is 16.5. The largest absolute Gasteiger partial charge is 0.493 e. The van der Waals surface area contributed by atoms with E-state index in [1.54, 1.807) is 43.2 Å². The molecule has 1 aliphatic carbocycles. The number of benzene rings is 1. The molecular weight excluding hydrogens is 370 g/mol. The first-order valence-electron chi connectivity index (χ1n) is 10.2. The van der Waals surface area contributed by atoms with Crippen molar-refractivity contribution in [3.63, 3.8) is 0 Å². The molecule has 1 aromatic carbocycles. The Hall–Kier alpha value is -2.83. The van der Waals surface area contributed by atoms with Gasteiger partial charge in [0.25, 0.3) is 11.5 Å². The van der Waals surface area contributed by atoms with Crippen molar-refractivity contribution in [3.8, 4) is 11.5 Å². The minimum absolute atomic E-state index is 0.00257. The van der Waals surface area contributed by atoms with Gasteiger partial charge >= 0.3 is 0 Å². The highest BCUT2D eigenvalue weighted by Crippen LogP contribution is 2.29. The van der Waals surface area contributed by atoms with Crippen molar-refractivity contribution in [2.75, 3.05) is 27.3 Å². The third-order valence-electron chi connectivity index (χ3n) is 5.99. The molecule has 1 saturated heterocycles. The maximum absolute atomic E-state index is 12.9. The third-order valence-corrected chi connectivity index (χ3v) is 5.99. The van der Waals surface area contributed by atoms with Crippen LogP contribution in [0.3, 0.4) is 0 Å². The molecule has 1 aliphatic heterocycles. The van der Waals surface area contributed by atoms with E-state index in [9.17, 15) is 9.59 Å². The van der Waals surface area contributed by atoms with Crippen molar-refractivity contribution in [2.45, 2.75) is 38.6 Å². The molecule has 1 aromatic heterocycles. The summed E-state index contributed by atoms with van der Waals surface area (Å²) in [6.07, 6.45) is 4.75. The summed E-state index contributed by atoms with van der Waals surface area (Å²) < 4.78 is 12.2. The van der Waals surface area contributed by atoms with Crippen LogP contribution < -0.4 is 15.0 Å². The maximum Gasteiger partial charge on any atom is 0.267 e. The van der Waals surface area contributed by atoms with Crippen LogP contribution in [0.5, 0.6) is 11.5 Å². The number of carbonyl (C=O) groups excluding carboxylic acids is 1. The van der Waals surface area contributed by atoms with Crippen LogP contribution in [0.1, 0.15) is 40.9 Å². The number of aromatic nitrogens is 2. The zero-order valence-electron chi connectivity index (χ0n) is 17.0. The van der Waals surface area contributed by atoms with E-state index in [1.807, 2.05) is 4.90 Å². The number of piperidine rings is 1. The quantitative estimate of drug-likeness (QED) is 0.774. The zero-order valence-corrected chi connectivity index (χ0v) is 17.0. The van der Waals surface area contributed by atoms with E-state index >= 15 is 0 Å². The van der Waals surface area contributed by atoms with E-state index < -0.39 is 0 Å². The van der Waals surface area contributed by atoms with E-state index in [0.29, 0.717) is 42.6 Å². The summed E-state index contributed by atoms with van der Waals surface area (Å²) in [4.78, 5) is 27.1. The second-order valence-corrected chi connectivity index (χ2v) is 7.80. The Labute approximate surface area is 170 Å². The van der Waals surface area contributed by atoms with Crippen LogP contribution in [0, 0.1) is 5.92 Å². The van der Waals surface area contributed by atoms with Gasteiger partial charge in [-0.05, 0) is 61.8 Å². The first kappa shape index (κ1) is 19.5. The van der Waals surface area contributed by atoms with Gasteiger partial charge in [-0.25, -0.2) is 4.68 Å². The molecule has 0 bridgehead atoms. The Balaban J connectivity index is 1.38. The van der Waals surface area contributed by atoms with Gasteiger partial charge in [-0.15, -0.1) is 0 Å². The molecule has 0 spiro atoms. The van der Waals surface area contributed by atoms with E-state index in [2.05, 4.69) is 5.10 Å². The first-order valence-corrected chi connectivity index (χ1v) is 10.2. The fourth-order valence-corrected chi connectivity index (χ4v) is 4.29. The lowest BCUT2D eigenvalue weighted by atomic mass is 9.96. The topological polar surface area (TPSA) is 73.7 Å². The molecule has 7 nitrogen and oxygen atoms in total. The van der Waals surface area contributed by atoms with E-state index in [-0.39, 0.29) is 11.5 Å². The Morgan fingerprint density at radius 3 is 2.59 bits per heavy atom. The number of fused-ring (bicyclic) bond motifs is 1. The Morgan fingerprint density at radius 2 is 1.86 bits per heavy atom. The standard InChI is InChI=1S/C22H27N3O4/c1-28-19-7-6-17(12-20(19)29-2)22(27)24-10-8-15(9-11-24)14-25-21(26)13-16-4-3-5-18(16)23-25/h6-7,12-13,15H,3-5,8-11,14H2,1-2H3. The number of likely N-dealkylation sites (tertiary alicyclic amines) is 1. The number of methoxy groups -OCH3 is 2. The summed E-state index contributed by atoms with van der Waals surface area (Å²) in [5.41, 5.74) is 2.78. The van der Waals surface area contributed by atoms with Crippen molar-refractivity contribution in [2.24, 2.45) is 5.92 Å². The number of hydrogen-bond donors (Lipinski definition) is 0. The lowest BCUT2D eigenvalue weighted by Crippen LogP contribution is -2.40. The average molecular weight is 397 g/mol. The van der Waals surface area contributed by atoms with Crippen molar-refractivity contribution in [1.82, 2.24) is 14.7 Å². The average Bonchev–Trinajstić information content (AvgIpc) is 3.20. The highest BCUT2D eigenvalue weighted by molar-refractivity contribution is 5.95. The molecule has 0 radical (unpaired) electrons. The number of ether oxygens (including phenoxy) is 2. The molecular formula is C22H27N3O4. The van der Waals surface area contributed by atoms with Crippen LogP contribution in [0.25, 0.3) is 0 Å². The van der Waals surface area contributed by atoms with E-state index in [4.69, 9.17) is 9.47 Å². The fraction of sp³-hybridized carbons (Fsp3) is 0.500. The fourth-order valence-electron chi connectivity index (χ4n) is 4.29. The number of hydrogen-bond acceptors (Lipinski definition) is 5. The predicted octanol–water partition coefficient (Wildman–Crippen LogP) is 2.30. The van der Waals surface area contributed by atoms with Crippen molar-refractivity contribution >= 4 is 5.91 Å². The smallest absolute Gasteiger partial charge is 0.267 e. The predicted molar refractivity (Wildman–Crippen MR) is 109 cm³/mol. The van der Waals surface area contributed by atoms with Crippen molar-refractivity contribution in [3.05, 3.63) is 51.4 Å². The molecule has 0 unspecified atom stereocenters. The number of amides is 1. The lowest BCUT2D eigenvalue weighted by molar-refractivity contribution is 0.0680. The Morgan fingerprint density at radius 1 is 1.10 bits per heavy atom. The number of carbonyl (C=O) groups is 1. The summed E-state index contributed by atoms with van der Waals surface area (Å²) in [5.74, 6) is 1.51. The molecule has 154 valence electrons. The van der Waals surface area contributed by atoms with Crippen LogP contribution in [0.15, 0.2) is 29.1 Å². The molecule has 0 saturated carbocycles. The van der Waals surface area contributed by atoms with Gasteiger partial charge < -0.3 is 14.4 Å². The molecule has 2 aliphatic rings. The summed E-state index contributed by atoms with van der Waals surface area (Å²) in [7, 11) is 3.14. The normalized spacial score (nSPS) is 16.6. The summed E-state index contributed by atoms with van der Waals surface area (Å²) in [6.45, 7) is 1.99. The van der Waals surface area contributed by atoms with Crippen LogP contribution in [0.4, 0.5) is 0 Å². The highest BCUT2D eigenvalue weighted by Gasteiger charge is 2.25. The number of rotatable bonds is 5. The third kappa shape index (κ3) is 3.99. The molecule has 1 fully saturated rings. The minimum Gasteiger partial charge on any atom is -0.493 e. The van der Waals surface area contributed by atoms with Gasteiger partial charge in [-0.2, -0.15) is 5.10 Å². The lowest BCUT2D eigenvalue weighted by Gasteiger charge is -2.32. The van der Waals surface area contributed by atoms with Gasteiger partial charge in [0.15, 0.2) is 11.5 Å². The monoisotopic (exact) mass is 397 g/mol. The second kappa shape index (κ2) is 8.27. The number of nitrogens with zero attached hydrogens (tertiary/aromatic N) is 3. The molecule has 2 aromatic rings. The molecule has 0 atom stereocenters. The molecule has 2 heterocycles. The van der Waals surface area contributed by atoms with E-state index in [1.165, 1.54) is 0 Å². The van der Waals surface area contributed by atoms with Gasteiger partial charge in [0.05, 0.1) is 19.9 Å². The summed E-state index contributed by atoms with van der Waals surface area (Å²) >= 11 is 0. The Bertz CT molecular complexity index is 961. The van der Waals surface area contributed by atoms with Gasteiger partial charge in [-0.1, -0.05) is 0 Å². The van der Waals surface area contributed by atoms with Gasteiger partial charge in [0.2, 0.25) is 0 Å². The molecule has 7 heteroatoms. The number of aryl methyl sites for hydroxylation is 2. The SMILES string of the molecule is COc1ccc(C(=O)N2CCC(Cn3nc4c(cc3=O)CCC4)CC2)cc1OC. The summed E-state index contributed by atoms with van der Waals surface area (Å²) in [5, 5.41) is 4.58. The van der Waals surface area contributed by atoms with Crippen LogP contribution in [-0.2, 0) is 19.4 Å². The summed E-state index contributed by atoms with van der Waals surface area (Å²) in [6, 6.07) is 7.00. The van der Waals surface area contributed by atoms with E-state index in [0.717, 1.165) is 43.4 Å². The van der Waals surface area contributed by atoms with Crippen LogP contribution in [-0.4, -0.2) is 47.9 Å². The molecule has 1 amide bonds. The van der Waals surface area contributed by atoms with Gasteiger partial charge in [-0.3, -0.25) is 9.59 Å². The molecule has 4 rings (SSSR count). The van der Waals surface area contributed by atoms with Crippen molar-refractivity contribution in [1.29, 1.82) is 0 Å². The van der Waals surface area contributed by atoms with Gasteiger partial charge in [0.1, 0.15) is 0 Å². The zero-order chi connectivity index (χ0) is 20.4. The van der Waals surface area contributed by atoms with Crippen LogP contribution in [0.2, 0.25) is 0 Å².